The predicted molar refractivity (Wildman–Crippen MR) is 112 cm³/mol. The number of benzene rings is 1. The van der Waals surface area contributed by atoms with Crippen LogP contribution in [0.4, 0.5) is 0 Å². The van der Waals surface area contributed by atoms with E-state index in [2.05, 4.69) is 10.3 Å². The molecule has 7 nitrogen and oxygen atoms in total. The van der Waals surface area contributed by atoms with E-state index in [0.717, 1.165) is 11.3 Å². The molecule has 2 rings (SSSR count). The summed E-state index contributed by atoms with van der Waals surface area (Å²) < 4.78 is 29.0. The van der Waals surface area contributed by atoms with Crippen LogP contribution in [-0.2, 0) is 27.8 Å². The SMILES string of the molecule is CCN(CC)S(=O)(=O)c1ccc2c(c1)nc(CCC(=O)NC(C)(C)C)n2CC. The number of sulfonamides is 1. The maximum absolute atomic E-state index is 12.8. The first-order valence-corrected chi connectivity index (χ1v) is 11.3. The second-order valence-electron chi connectivity index (χ2n) is 7.81. The summed E-state index contributed by atoms with van der Waals surface area (Å²) in [5.41, 5.74) is 1.25. The van der Waals surface area contributed by atoms with Crippen LogP contribution in [0.2, 0.25) is 0 Å². The van der Waals surface area contributed by atoms with Crippen LogP contribution >= 0.6 is 0 Å². The van der Waals surface area contributed by atoms with Crippen molar-refractivity contribution in [3.63, 3.8) is 0 Å². The van der Waals surface area contributed by atoms with Gasteiger partial charge in [0.15, 0.2) is 0 Å². The van der Waals surface area contributed by atoms with Gasteiger partial charge in [-0.05, 0) is 45.9 Å². The maximum atomic E-state index is 12.8. The quantitative estimate of drug-likeness (QED) is 0.728. The van der Waals surface area contributed by atoms with Gasteiger partial charge in [-0.3, -0.25) is 4.79 Å². The average Bonchev–Trinajstić information content (AvgIpc) is 2.96. The summed E-state index contributed by atoms with van der Waals surface area (Å²) in [5, 5.41) is 2.95. The Balaban J connectivity index is 2.34. The Labute approximate surface area is 168 Å². The van der Waals surface area contributed by atoms with Crippen LogP contribution in [0.3, 0.4) is 0 Å². The molecule has 0 bridgehead atoms. The third-order valence-corrected chi connectivity index (χ3v) is 6.59. The zero-order chi connectivity index (χ0) is 21.1. The van der Waals surface area contributed by atoms with E-state index in [0.29, 0.717) is 38.0 Å². The lowest BCUT2D eigenvalue weighted by molar-refractivity contribution is -0.122. The molecule has 1 aromatic heterocycles. The lowest BCUT2D eigenvalue weighted by atomic mass is 10.1. The predicted octanol–water partition coefficient (Wildman–Crippen LogP) is 2.93. The van der Waals surface area contributed by atoms with Crippen LogP contribution in [-0.4, -0.2) is 46.8 Å². The first-order valence-electron chi connectivity index (χ1n) is 9.83. The lowest BCUT2D eigenvalue weighted by Crippen LogP contribution is -2.40. The van der Waals surface area contributed by atoms with Gasteiger partial charge >= 0.3 is 0 Å². The number of fused-ring (bicyclic) bond motifs is 1. The highest BCUT2D eigenvalue weighted by Gasteiger charge is 2.23. The Kier molecular flexibility index (Phi) is 6.88. The van der Waals surface area contributed by atoms with E-state index < -0.39 is 10.0 Å². The number of nitrogens with zero attached hydrogens (tertiary/aromatic N) is 3. The van der Waals surface area contributed by atoms with Gasteiger partial charge < -0.3 is 9.88 Å². The molecule has 1 N–H and O–H groups in total. The second-order valence-corrected chi connectivity index (χ2v) is 9.75. The zero-order valence-corrected chi connectivity index (χ0v) is 18.6. The Hall–Kier alpha value is -1.93. The largest absolute Gasteiger partial charge is 0.351 e. The standard InChI is InChI=1S/C20H32N4O3S/c1-7-23(8-2)28(26,27)15-10-11-17-16(14-15)21-18(24(17)9-3)12-13-19(25)22-20(4,5)6/h10-11,14H,7-9,12-13H2,1-6H3,(H,22,25). The molecule has 156 valence electrons. The Morgan fingerprint density at radius 1 is 1.18 bits per heavy atom. The molecule has 1 heterocycles. The molecule has 0 saturated heterocycles. The van der Waals surface area contributed by atoms with Crippen molar-refractivity contribution in [1.29, 1.82) is 0 Å². The molecule has 0 spiro atoms. The summed E-state index contributed by atoms with van der Waals surface area (Å²) in [5.74, 6) is 0.769. The van der Waals surface area contributed by atoms with Gasteiger partial charge in [-0.15, -0.1) is 0 Å². The molecule has 0 radical (unpaired) electrons. The number of nitrogens with one attached hydrogen (secondary N) is 1. The number of carbonyl (C=O) groups excluding carboxylic acids is 1. The molecule has 0 saturated carbocycles. The summed E-state index contributed by atoms with van der Waals surface area (Å²) in [6.07, 6.45) is 0.841. The number of aromatic nitrogens is 2. The van der Waals surface area contributed by atoms with Crippen molar-refractivity contribution in [3.05, 3.63) is 24.0 Å². The van der Waals surface area contributed by atoms with Crippen LogP contribution in [0.1, 0.15) is 53.8 Å². The van der Waals surface area contributed by atoms with Crippen LogP contribution in [0.15, 0.2) is 23.1 Å². The van der Waals surface area contributed by atoms with E-state index in [-0.39, 0.29) is 16.3 Å². The molecule has 1 aromatic carbocycles. The van der Waals surface area contributed by atoms with Crippen molar-refractivity contribution < 1.29 is 13.2 Å². The fourth-order valence-electron chi connectivity index (χ4n) is 3.28. The second kappa shape index (κ2) is 8.61. The van der Waals surface area contributed by atoms with E-state index in [1.807, 2.05) is 46.1 Å². The van der Waals surface area contributed by atoms with Crippen molar-refractivity contribution >= 4 is 27.0 Å². The topological polar surface area (TPSA) is 84.3 Å². The molecule has 28 heavy (non-hydrogen) atoms. The highest BCUT2D eigenvalue weighted by Crippen LogP contribution is 2.23. The number of rotatable bonds is 8. The summed E-state index contributed by atoms with van der Waals surface area (Å²) in [6, 6.07) is 5.08. The molecular weight excluding hydrogens is 376 g/mol. The number of hydrogen-bond donors (Lipinski definition) is 1. The van der Waals surface area contributed by atoms with Crippen molar-refractivity contribution in [3.8, 4) is 0 Å². The maximum Gasteiger partial charge on any atom is 0.243 e. The third kappa shape index (κ3) is 4.91. The minimum absolute atomic E-state index is 0.0213. The van der Waals surface area contributed by atoms with Gasteiger partial charge in [-0.25, -0.2) is 13.4 Å². The van der Waals surface area contributed by atoms with E-state index in [1.54, 1.807) is 18.2 Å². The molecule has 1 amide bonds. The zero-order valence-electron chi connectivity index (χ0n) is 17.7. The van der Waals surface area contributed by atoms with Crippen molar-refractivity contribution in [1.82, 2.24) is 19.2 Å². The monoisotopic (exact) mass is 408 g/mol. The van der Waals surface area contributed by atoms with Crippen LogP contribution < -0.4 is 5.32 Å². The molecule has 0 fully saturated rings. The van der Waals surface area contributed by atoms with Crippen LogP contribution in [0.25, 0.3) is 11.0 Å². The summed E-state index contributed by atoms with van der Waals surface area (Å²) in [4.78, 5) is 17.0. The van der Waals surface area contributed by atoms with Crippen LogP contribution in [0, 0.1) is 0 Å². The van der Waals surface area contributed by atoms with Gasteiger partial charge in [0.25, 0.3) is 0 Å². The fraction of sp³-hybridized carbons (Fsp3) is 0.600. The van der Waals surface area contributed by atoms with Gasteiger partial charge in [0.2, 0.25) is 15.9 Å². The van der Waals surface area contributed by atoms with Gasteiger partial charge in [-0.2, -0.15) is 4.31 Å². The van der Waals surface area contributed by atoms with Crippen molar-refractivity contribution in [2.24, 2.45) is 0 Å². The summed E-state index contributed by atoms with van der Waals surface area (Å²) in [6.45, 7) is 13.1. The molecule has 8 heteroatoms. The van der Waals surface area contributed by atoms with E-state index >= 15 is 0 Å². The van der Waals surface area contributed by atoms with Gasteiger partial charge in [-0.1, -0.05) is 13.8 Å². The van der Waals surface area contributed by atoms with Gasteiger partial charge in [0, 0.05) is 38.0 Å². The number of carbonyl (C=O) groups is 1. The first kappa shape index (κ1) is 22.4. The Morgan fingerprint density at radius 3 is 2.36 bits per heavy atom. The normalized spacial score (nSPS) is 12.7. The fourth-order valence-corrected chi connectivity index (χ4v) is 4.76. The van der Waals surface area contributed by atoms with Crippen molar-refractivity contribution in [2.75, 3.05) is 13.1 Å². The molecule has 0 aliphatic heterocycles. The molecule has 0 unspecified atom stereocenters. The molecule has 0 atom stereocenters. The van der Waals surface area contributed by atoms with Crippen LogP contribution in [0.5, 0.6) is 0 Å². The van der Waals surface area contributed by atoms with E-state index in [1.165, 1.54) is 4.31 Å². The number of amides is 1. The minimum Gasteiger partial charge on any atom is -0.351 e. The van der Waals surface area contributed by atoms with Gasteiger partial charge in [0.05, 0.1) is 15.9 Å². The number of hydrogen-bond acceptors (Lipinski definition) is 4. The smallest absolute Gasteiger partial charge is 0.243 e. The molecule has 0 aliphatic carbocycles. The number of imidazole rings is 1. The highest BCUT2D eigenvalue weighted by atomic mass is 32.2. The Morgan fingerprint density at radius 2 is 1.82 bits per heavy atom. The summed E-state index contributed by atoms with van der Waals surface area (Å²) in [7, 11) is -3.53. The van der Waals surface area contributed by atoms with E-state index in [4.69, 9.17) is 0 Å². The van der Waals surface area contributed by atoms with Gasteiger partial charge in [0.1, 0.15) is 5.82 Å². The first-order chi connectivity index (χ1) is 13.0. The minimum atomic E-state index is -3.53. The number of aryl methyl sites for hydroxylation is 2. The summed E-state index contributed by atoms with van der Waals surface area (Å²) >= 11 is 0. The lowest BCUT2D eigenvalue weighted by Gasteiger charge is -2.20. The van der Waals surface area contributed by atoms with E-state index in [9.17, 15) is 13.2 Å². The highest BCUT2D eigenvalue weighted by molar-refractivity contribution is 7.89. The van der Waals surface area contributed by atoms with Crippen molar-refractivity contribution in [2.45, 2.75) is 71.4 Å². The molecular formula is C20H32N4O3S. The molecule has 0 aliphatic rings. The third-order valence-electron chi connectivity index (χ3n) is 4.55. The Bertz CT molecular complexity index is 938. The average molecular weight is 409 g/mol. The molecule has 2 aromatic rings.